The van der Waals surface area contributed by atoms with Crippen LogP contribution in [0.15, 0.2) is 91.1 Å². The minimum absolute atomic E-state index is 0.0202. The van der Waals surface area contributed by atoms with Gasteiger partial charge in [-0.05, 0) is 53.6 Å². The number of benzene rings is 4. The Balaban J connectivity index is 1.21. The first-order chi connectivity index (χ1) is 19.0. The number of carbonyl (C=O) groups is 2. The Bertz CT molecular complexity index is 1620. The van der Waals surface area contributed by atoms with Crippen molar-refractivity contribution in [3.8, 4) is 11.5 Å². The van der Waals surface area contributed by atoms with Gasteiger partial charge in [0.15, 0.2) is 5.78 Å². The van der Waals surface area contributed by atoms with Crippen LogP contribution in [0.25, 0.3) is 21.7 Å². The topological polar surface area (TPSA) is 77.8 Å². The summed E-state index contributed by atoms with van der Waals surface area (Å²) in [4.78, 5) is 23.9. The van der Waals surface area contributed by atoms with Crippen molar-refractivity contribution in [2.75, 3.05) is 13.2 Å². The van der Waals surface area contributed by atoms with Gasteiger partial charge in [0, 0.05) is 40.2 Å². The first-order valence-electron chi connectivity index (χ1n) is 13.2. The predicted molar refractivity (Wildman–Crippen MR) is 153 cm³/mol. The average Bonchev–Trinajstić information content (AvgIpc) is 3.34. The van der Waals surface area contributed by atoms with Gasteiger partial charge in [0.25, 0.3) is 0 Å². The maximum Gasteiger partial charge on any atom is 0.323 e. The molecule has 0 bridgehead atoms. The Morgan fingerprint density at radius 3 is 2.44 bits per heavy atom. The van der Waals surface area contributed by atoms with Crippen molar-refractivity contribution < 1.29 is 24.2 Å². The molecule has 198 valence electrons. The van der Waals surface area contributed by atoms with E-state index in [0.29, 0.717) is 30.8 Å². The minimum Gasteiger partial charge on any atom is -0.493 e. The van der Waals surface area contributed by atoms with Gasteiger partial charge in [-0.3, -0.25) is 9.59 Å². The van der Waals surface area contributed by atoms with Crippen LogP contribution in [0, 0.1) is 0 Å². The molecule has 0 fully saturated rings. The van der Waals surface area contributed by atoms with E-state index in [1.54, 1.807) is 10.8 Å². The Hall–Kier alpha value is -4.58. The molecule has 6 heteroatoms. The van der Waals surface area contributed by atoms with Gasteiger partial charge in [0.1, 0.15) is 18.0 Å². The van der Waals surface area contributed by atoms with Crippen LogP contribution < -0.4 is 9.47 Å². The van der Waals surface area contributed by atoms with Crippen molar-refractivity contribution in [3.05, 3.63) is 108 Å². The summed E-state index contributed by atoms with van der Waals surface area (Å²) in [5, 5.41) is 12.1. The second-order valence-electron chi connectivity index (χ2n) is 9.53. The van der Waals surface area contributed by atoms with Gasteiger partial charge in [0.05, 0.1) is 13.2 Å². The van der Waals surface area contributed by atoms with Crippen molar-refractivity contribution >= 4 is 33.4 Å². The van der Waals surface area contributed by atoms with Crippen LogP contribution in [0.4, 0.5) is 0 Å². The average molecular weight is 522 g/mol. The van der Waals surface area contributed by atoms with Gasteiger partial charge >= 0.3 is 5.97 Å². The highest BCUT2D eigenvalue weighted by Gasteiger charge is 2.13. The zero-order valence-electron chi connectivity index (χ0n) is 21.9. The van der Waals surface area contributed by atoms with Gasteiger partial charge in [-0.1, -0.05) is 61.9 Å². The van der Waals surface area contributed by atoms with E-state index >= 15 is 0 Å². The number of fused-ring (bicyclic) bond motifs is 2. The summed E-state index contributed by atoms with van der Waals surface area (Å²) < 4.78 is 13.8. The van der Waals surface area contributed by atoms with E-state index in [9.17, 15) is 9.59 Å². The van der Waals surface area contributed by atoms with E-state index in [4.69, 9.17) is 14.6 Å². The maximum absolute atomic E-state index is 12.9. The molecule has 0 unspecified atom stereocenters. The zero-order chi connectivity index (χ0) is 27.2. The Labute approximate surface area is 227 Å². The first-order valence-corrected chi connectivity index (χ1v) is 13.2. The second kappa shape index (κ2) is 11.9. The number of aryl methyl sites for hydroxylation is 1. The molecule has 0 atom stereocenters. The molecule has 4 aromatic carbocycles. The lowest BCUT2D eigenvalue weighted by molar-refractivity contribution is -0.137. The van der Waals surface area contributed by atoms with Crippen LogP contribution in [-0.4, -0.2) is 34.6 Å². The fraction of sp³-hybridized carbons (Fsp3) is 0.212. The largest absolute Gasteiger partial charge is 0.493 e. The molecule has 0 radical (unpaired) electrons. The fourth-order valence-electron chi connectivity index (χ4n) is 4.90. The maximum atomic E-state index is 12.9. The summed E-state index contributed by atoms with van der Waals surface area (Å²) in [6, 6.07) is 26.8. The molecule has 1 aromatic heterocycles. The van der Waals surface area contributed by atoms with E-state index in [2.05, 4.69) is 6.92 Å². The molecule has 5 rings (SSSR count). The molecule has 0 aliphatic rings. The molecular formula is C33H31NO5. The third-order valence-corrected chi connectivity index (χ3v) is 6.75. The molecule has 0 aliphatic carbocycles. The highest BCUT2D eigenvalue weighted by molar-refractivity contribution is 6.10. The van der Waals surface area contributed by atoms with Gasteiger partial charge in [0.2, 0.25) is 0 Å². The second-order valence-corrected chi connectivity index (χ2v) is 9.53. The smallest absolute Gasteiger partial charge is 0.323 e. The normalized spacial score (nSPS) is 11.1. The number of aromatic nitrogens is 1. The Morgan fingerprint density at radius 2 is 1.64 bits per heavy atom. The van der Waals surface area contributed by atoms with Crippen molar-refractivity contribution in [1.29, 1.82) is 0 Å². The van der Waals surface area contributed by atoms with E-state index in [0.717, 1.165) is 51.6 Å². The van der Waals surface area contributed by atoms with Gasteiger partial charge in [-0.2, -0.15) is 0 Å². The summed E-state index contributed by atoms with van der Waals surface area (Å²) in [5.41, 5.74) is 3.39. The summed E-state index contributed by atoms with van der Waals surface area (Å²) in [7, 11) is 0. The van der Waals surface area contributed by atoms with Gasteiger partial charge in [-0.25, -0.2) is 0 Å². The monoisotopic (exact) mass is 521 g/mol. The van der Waals surface area contributed by atoms with Crippen LogP contribution in [-0.2, 0) is 17.8 Å². The van der Waals surface area contributed by atoms with Crippen LogP contribution >= 0.6 is 0 Å². The fourth-order valence-corrected chi connectivity index (χ4v) is 4.90. The van der Waals surface area contributed by atoms with Crippen molar-refractivity contribution in [3.63, 3.8) is 0 Å². The molecule has 0 saturated carbocycles. The van der Waals surface area contributed by atoms with E-state index < -0.39 is 5.97 Å². The number of hydrogen-bond donors (Lipinski definition) is 1. The highest BCUT2D eigenvalue weighted by atomic mass is 16.5. The number of ether oxygens (including phenoxy) is 2. The third-order valence-electron chi connectivity index (χ3n) is 6.75. The summed E-state index contributed by atoms with van der Waals surface area (Å²) in [6.45, 7) is 3.10. The van der Waals surface area contributed by atoms with E-state index in [1.807, 2.05) is 84.9 Å². The number of carbonyl (C=O) groups excluding carboxylic acids is 1. The highest BCUT2D eigenvalue weighted by Crippen LogP contribution is 2.31. The third kappa shape index (κ3) is 5.96. The first kappa shape index (κ1) is 26.0. The minimum atomic E-state index is -0.871. The van der Waals surface area contributed by atoms with Crippen LogP contribution in [0.5, 0.6) is 11.5 Å². The molecule has 1 N–H and O–H groups in total. The number of aliphatic carboxylic acids is 1. The lowest BCUT2D eigenvalue weighted by atomic mass is 9.95. The molecule has 1 heterocycles. The lowest BCUT2D eigenvalue weighted by Crippen LogP contribution is -2.07. The Morgan fingerprint density at radius 1 is 0.821 bits per heavy atom. The predicted octanol–water partition coefficient (Wildman–Crippen LogP) is 6.91. The molecule has 0 spiro atoms. The van der Waals surface area contributed by atoms with E-state index in [-0.39, 0.29) is 12.3 Å². The number of carboxylic acids is 1. The standard InChI is InChI=1S/C33H31NO5/c1-2-7-29-28-13-10-26(33(37)23-8-4-3-5-9-23)20-24(28)11-15-31(29)39-19-6-18-38-27-12-14-30-25(21-27)16-17-34(30)22-32(35)36/h3-5,8-17,20-21H,2,6-7,18-19,22H2,1H3,(H,35,36). The summed E-state index contributed by atoms with van der Waals surface area (Å²) >= 11 is 0. The summed E-state index contributed by atoms with van der Waals surface area (Å²) in [6.07, 6.45) is 4.36. The number of nitrogens with zero attached hydrogens (tertiary/aromatic N) is 1. The Kier molecular flexibility index (Phi) is 7.92. The van der Waals surface area contributed by atoms with Crippen molar-refractivity contribution in [2.24, 2.45) is 0 Å². The quantitative estimate of drug-likeness (QED) is 0.143. The van der Waals surface area contributed by atoms with Crippen LogP contribution in [0.2, 0.25) is 0 Å². The number of rotatable bonds is 12. The molecular weight excluding hydrogens is 490 g/mol. The SMILES string of the molecule is CCCc1c(OCCCOc2ccc3c(ccn3CC(=O)O)c2)ccc2cc(C(=O)c3ccccc3)ccc12. The molecule has 0 amide bonds. The molecule has 5 aromatic rings. The number of ketones is 1. The van der Waals surface area contributed by atoms with Crippen LogP contribution in [0.3, 0.4) is 0 Å². The number of carboxylic acid groups (broad SMARTS) is 1. The molecule has 0 aliphatic heterocycles. The number of hydrogen-bond acceptors (Lipinski definition) is 4. The van der Waals surface area contributed by atoms with Crippen molar-refractivity contribution in [1.82, 2.24) is 4.57 Å². The van der Waals surface area contributed by atoms with Gasteiger partial charge in [-0.15, -0.1) is 0 Å². The zero-order valence-corrected chi connectivity index (χ0v) is 21.9. The van der Waals surface area contributed by atoms with E-state index in [1.165, 1.54) is 0 Å². The van der Waals surface area contributed by atoms with Gasteiger partial charge < -0.3 is 19.1 Å². The summed E-state index contributed by atoms with van der Waals surface area (Å²) in [5.74, 6) is 0.762. The molecule has 39 heavy (non-hydrogen) atoms. The lowest BCUT2D eigenvalue weighted by Gasteiger charge is -2.15. The van der Waals surface area contributed by atoms with Crippen LogP contribution in [0.1, 0.15) is 41.3 Å². The van der Waals surface area contributed by atoms with Crippen molar-refractivity contribution in [2.45, 2.75) is 32.7 Å². The molecule has 0 saturated heterocycles. The molecule has 6 nitrogen and oxygen atoms in total.